The maximum Gasteiger partial charge on any atom is 0.141 e. The molecule has 0 aliphatic carbocycles. The van der Waals surface area contributed by atoms with Gasteiger partial charge in [-0.05, 0) is 31.4 Å². The Morgan fingerprint density at radius 3 is 2.67 bits per heavy atom. The Kier molecular flexibility index (Phi) is 2.58. The Morgan fingerprint density at radius 1 is 1.27 bits per heavy atom. The van der Waals surface area contributed by atoms with Gasteiger partial charge in [0.2, 0.25) is 0 Å². The lowest BCUT2D eigenvalue weighted by atomic mass is 10.0. The van der Waals surface area contributed by atoms with Crippen LogP contribution in [-0.4, -0.2) is 5.16 Å². The van der Waals surface area contributed by atoms with Gasteiger partial charge in [-0.1, -0.05) is 36.3 Å². The topological polar surface area (TPSA) is 26.0 Å². The van der Waals surface area contributed by atoms with E-state index in [1.807, 2.05) is 13.8 Å². The van der Waals surface area contributed by atoms with Crippen LogP contribution < -0.4 is 0 Å². The SMILES string of the molecule is CCc1cccc(-c2c(C)noc2C)c1. The van der Waals surface area contributed by atoms with Crippen molar-refractivity contribution in [3.63, 3.8) is 0 Å². The molecule has 2 rings (SSSR count). The number of hydrogen-bond acceptors (Lipinski definition) is 2. The van der Waals surface area contributed by atoms with E-state index in [1.54, 1.807) is 0 Å². The third-order valence-electron chi connectivity index (χ3n) is 2.66. The normalized spacial score (nSPS) is 10.6. The van der Waals surface area contributed by atoms with E-state index in [9.17, 15) is 0 Å². The van der Waals surface area contributed by atoms with Crippen molar-refractivity contribution in [2.24, 2.45) is 0 Å². The second kappa shape index (κ2) is 3.89. The molecule has 2 nitrogen and oxygen atoms in total. The molecule has 0 radical (unpaired) electrons. The molecule has 0 atom stereocenters. The highest BCUT2D eigenvalue weighted by atomic mass is 16.5. The summed E-state index contributed by atoms with van der Waals surface area (Å²) in [5.41, 5.74) is 4.63. The van der Waals surface area contributed by atoms with Crippen molar-refractivity contribution < 1.29 is 4.52 Å². The Balaban J connectivity index is 2.53. The summed E-state index contributed by atoms with van der Waals surface area (Å²) < 4.78 is 5.17. The van der Waals surface area contributed by atoms with E-state index in [0.717, 1.165) is 23.4 Å². The van der Waals surface area contributed by atoms with Crippen LogP contribution in [0, 0.1) is 13.8 Å². The highest BCUT2D eigenvalue weighted by Crippen LogP contribution is 2.27. The van der Waals surface area contributed by atoms with Gasteiger partial charge >= 0.3 is 0 Å². The first kappa shape index (κ1) is 9.97. The van der Waals surface area contributed by atoms with E-state index < -0.39 is 0 Å². The van der Waals surface area contributed by atoms with E-state index in [2.05, 4.69) is 36.3 Å². The minimum Gasteiger partial charge on any atom is -0.361 e. The number of benzene rings is 1. The first-order valence-electron chi connectivity index (χ1n) is 5.24. The summed E-state index contributed by atoms with van der Waals surface area (Å²) in [6.45, 7) is 6.09. The van der Waals surface area contributed by atoms with Gasteiger partial charge in [0.15, 0.2) is 0 Å². The standard InChI is InChI=1S/C13H15NO/c1-4-11-6-5-7-12(8-11)13-9(2)14-15-10(13)3/h5-8H,4H2,1-3H3. The summed E-state index contributed by atoms with van der Waals surface area (Å²) in [6.07, 6.45) is 1.05. The van der Waals surface area contributed by atoms with Crippen molar-refractivity contribution in [2.75, 3.05) is 0 Å². The zero-order valence-electron chi connectivity index (χ0n) is 9.37. The van der Waals surface area contributed by atoms with Crippen LogP contribution in [0.25, 0.3) is 11.1 Å². The molecule has 2 heteroatoms. The number of rotatable bonds is 2. The van der Waals surface area contributed by atoms with Crippen molar-refractivity contribution in [2.45, 2.75) is 27.2 Å². The predicted octanol–water partition coefficient (Wildman–Crippen LogP) is 3.52. The molecule has 0 aliphatic heterocycles. The smallest absolute Gasteiger partial charge is 0.141 e. The summed E-state index contributed by atoms with van der Waals surface area (Å²) in [5, 5.41) is 3.97. The van der Waals surface area contributed by atoms with Gasteiger partial charge in [0.05, 0.1) is 5.69 Å². The summed E-state index contributed by atoms with van der Waals surface area (Å²) in [4.78, 5) is 0. The van der Waals surface area contributed by atoms with E-state index >= 15 is 0 Å². The van der Waals surface area contributed by atoms with Crippen molar-refractivity contribution in [3.05, 3.63) is 41.3 Å². The third-order valence-corrected chi connectivity index (χ3v) is 2.66. The fraction of sp³-hybridized carbons (Fsp3) is 0.308. The number of aryl methyl sites for hydroxylation is 3. The Morgan fingerprint density at radius 2 is 2.07 bits per heavy atom. The zero-order chi connectivity index (χ0) is 10.8. The fourth-order valence-corrected chi connectivity index (χ4v) is 1.84. The van der Waals surface area contributed by atoms with Crippen molar-refractivity contribution in [3.8, 4) is 11.1 Å². The molecule has 2 aromatic rings. The molecule has 0 saturated heterocycles. The lowest BCUT2D eigenvalue weighted by molar-refractivity contribution is 0.393. The van der Waals surface area contributed by atoms with Crippen LogP contribution in [0.1, 0.15) is 23.9 Å². The van der Waals surface area contributed by atoms with Gasteiger partial charge in [0.1, 0.15) is 5.76 Å². The lowest BCUT2D eigenvalue weighted by Gasteiger charge is -2.02. The Hall–Kier alpha value is -1.57. The molecule has 1 aromatic carbocycles. The molecule has 0 fully saturated rings. The maximum atomic E-state index is 5.17. The second-order valence-corrected chi connectivity index (χ2v) is 3.75. The van der Waals surface area contributed by atoms with Gasteiger partial charge in [0.25, 0.3) is 0 Å². The number of aromatic nitrogens is 1. The van der Waals surface area contributed by atoms with Crippen LogP contribution >= 0.6 is 0 Å². The van der Waals surface area contributed by atoms with Crippen LogP contribution in [0.5, 0.6) is 0 Å². The van der Waals surface area contributed by atoms with Gasteiger partial charge in [0, 0.05) is 5.56 Å². The number of hydrogen-bond donors (Lipinski definition) is 0. The molecular formula is C13H15NO. The Labute approximate surface area is 89.9 Å². The molecule has 15 heavy (non-hydrogen) atoms. The largest absolute Gasteiger partial charge is 0.361 e. The van der Waals surface area contributed by atoms with Crippen LogP contribution in [0.15, 0.2) is 28.8 Å². The quantitative estimate of drug-likeness (QED) is 0.743. The van der Waals surface area contributed by atoms with Gasteiger partial charge < -0.3 is 4.52 Å². The number of nitrogens with zero attached hydrogens (tertiary/aromatic N) is 1. The summed E-state index contributed by atoms with van der Waals surface area (Å²) in [6, 6.07) is 8.53. The monoisotopic (exact) mass is 201 g/mol. The highest BCUT2D eigenvalue weighted by molar-refractivity contribution is 5.68. The Bertz CT molecular complexity index is 452. The first-order valence-corrected chi connectivity index (χ1v) is 5.24. The van der Waals surface area contributed by atoms with Crippen LogP contribution in [0.4, 0.5) is 0 Å². The van der Waals surface area contributed by atoms with Gasteiger partial charge in [-0.25, -0.2) is 0 Å². The summed E-state index contributed by atoms with van der Waals surface area (Å²) in [5.74, 6) is 0.890. The minimum atomic E-state index is 0.890. The summed E-state index contributed by atoms with van der Waals surface area (Å²) >= 11 is 0. The average Bonchev–Trinajstić information content (AvgIpc) is 2.59. The van der Waals surface area contributed by atoms with E-state index in [1.165, 1.54) is 11.1 Å². The summed E-state index contributed by atoms with van der Waals surface area (Å²) in [7, 11) is 0. The van der Waals surface area contributed by atoms with Crippen molar-refractivity contribution in [1.29, 1.82) is 0 Å². The third kappa shape index (κ3) is 1.80. The molecule has 0 saturated carbocycles. The van der Waals surface area contributed by atoms with Crippen LogP contribution in [-0.2, 0) is 6.42 Å². The minimum absolute atomic E-state index is 0.890. The molecule has 0 N–H and O–H groups in total. The van der Waals surface area contributed by atoms with E-state index in [0.29, 0.717) is 0 Å². The molecule has 0 amide bonds. The van der Waals surface area contributed by atoms with Crippen molar-refractivity contribution >= 4 is 0 Å². The van der Waals surface area contributed by atoms with Gasteiger partial charge in [-0.15, -0.1) is 0 Å². The van der Waals surface area contributed by atoms with Crippen LogP contribution in [0.3, 0.4) is 0 Å². The molecule has 0 spiro atoms. The molecule has 0 bridgehead atoms. The van der Waals surface area contributed by atoms with Gasteiger partial charge in [-0.3, -0.25) is 0 Å². The second-order valence-electron chi connectivity index (χ2n) is 3.75. The maximum absolute atomic E-state index is 5.17. The molecule has 0 aliphatic rings. The zero-order valence-corrected chi connectivity index (χ0v) is 9.37. The average molecular weight is 201 g/mol. The van der Waals surface area contributed by atoms with E-state index in [-0.39, 0.29) is 0 Å². The van der Waals surface area contributed by atoms with Crippen LogP contribution in [0.2, 0.25) is 0 Å². The molecule has 1 aromatic heterocycles. The van der Waals surface area contributed by atoms with Gasteiger partial charge in [-0.2, -0.15) is 0 Å². The first-order chi connectivity index (χ1) is 7.22. The lowest BCUT2D eigenvalue weighted by Crippen LogP contribution is -1.85. The highest BCUT2D eigenvalue weighted by Gasteiger charge is 2.10. The van der Waals surface area contributed by atoms with E-state index in [4.69, 9.17) is 4.52 Å². The van der Waals surface area contributed by atoms with Crippen molar-refractivity contribution in [1.82, 2.24) is 5.16 Å². The molecular weight excluding hydrogens is 186 g/mol. The molecule has 0 unspecified atom stereocenters. The predicted molar refractivity (Wildman–Crippen MR) is 60.8 cm³/mol. The molecule has 1 heterocycles. The molecule has 78 valence electrons. The fourth-order valence-electron chi connectivity index (χ4n) is 1.84.